The molecule has 24 heavy (non-hydrogen) atoms. The highest BCUT2D eigenvalue weighted by Gasteiger charge is 2.27. The predicted molar refractivity (Wildman–Crippen MR) is 95.2 cm³/mol. The van der Waals surface area contributed by atoms with Crippen molar-refractivity contribution < 1.29 is 14.7 Å². The molecule has 2 atom stereocenters. The number of carbonyl (C=O) groups is 2. The van der Waals surface area contributed by atoms with Gasteiger partial charge < -0.3 is 21.1 Å². The van der Waals surface area contributed by atoms with Gasteiger partial charge in [0.2, 0.25) is 5.91 Å². The van der Waals surface area contributed by atoms with E-state index >= 15 is 0 Å². The third-order valence-corrected chi connectivity index (χ3v) is 3.92. The number of halogens is 1. The van der Waals surface area contributed by atoms with E-state index in [1.54, 1.807) is 12.1 Å². The van der Waals surface area contributed by atoms with E-state index in [2.05, 4.69) is 22.9 Å². The van der Waals surface area contributed by atoms with Crippen LogP contribution >= 0.6 is 12.4 Å². The summed E-state index contributed by atoms with van der Waals surface area (Å²) in [5.41, 5.74) is 1.55. The molecule has 1 saturated heterocycles. The molecule has 0 saturated carbocycles. The number of carbonyl (C=O) groups excluding carboxylic acids is 2. The largest absolute Gasteiger partial charge is 0.392 e. The molecule has 1 heterocycles. The summed E-state index contributed by atoms with van der Waals surface area (Å²) in [6, 6.07) is 6.88. The molecule has 1 fully saturated rings. The molecule has 0 spiro atoms. The van der Waals surface area contributed by atoms with Crippen LogP contribution in [-0.4, -0.2) is 42.2 Å². The van der Waals surface area contributed by atoms with Crippen LogP contribution in [0.3, 0.4) is 0 Å². The van der Waals surface area contributed by atoms with Crippen molar-refractivity contribution in [3.63, 3.8) is 0 Å². The van der Waals surface area contributed by atoms with Crippen LogP contribution < -0.4 is 16.0 Å². The van der Waals surface area contributed by atoms with Crippen LogP contribution in [0, 0.1) is 0 Å². The minimum atomic E-state index is -0.448. The average molecular weight is 356 g/mol. The van der Waals surface area contributed by atoms with Crippen molar-refractivity contribution in [3.05, 3.63) is 35.4 Å². The van der Waals surface area contributed by atoms with Crippen molar-refractivity contribution in [2.24, 2.45) is 0 Å². The maximum Gasteiger partial charge on any atom is 0.251 e. The van der Waals surface area contributed by atoms with Gasteiger partial charge in [-0.25, -0.2) is 0 Å². The lowest BCUT2D eigenvalue weighted by Gasteiger charge is -2.11. The van der Waals surface area contributed by atoms with Gasteiger partial charge in [-0.1, -0.05) is 25.5 Å². The Hall–Kier alpha value is -1.63. The van der Waals surface area contributed by atoms with Crippen LogP contribution in [0.25, 0.3) is 0 Å². The Kier molecular flexibility index (Phi) is 8.74. The van der Waals surface area contributed by atoms with Gasteiger partial charge in [0.05, 0.1) is 12.1 Å². The van der Waals surface area contributed by atoms with Gasteiger partial charge in [0, 0.05) is 25.2 Å². The van der Waals surface area contributed by atoms with E-state index in [1.165, 1.54) is 0 Å². The number of hydrogen-bond donors (Lipinski definition) is 4. The molecule has 0 bridgehead atoms. The number of aliphatic hydroxyl groups is 1. The average Bonchev–Trinajstić information content (AvgIpc) is 3.00. The Morgan fingerprint density at radius 3 is 2.54 bits per heavy atom. The van der Waals surface area contributed by atoms with Crippen molar-refractivity contribution >= 4 is 24.2 Å². The Balaban J connectivity index is 0.00000288. The standard InChI is InChI=1S/C17H25N3O3.ClH/c1-2-3-8-18-16(22)13-6-4-12(5-7-13)10-20-17(23)15-9-14(21)11-19-15;/h4-7,14-15,19,21H,2-3,8-11H2,1H3,(H,18,22)(H,20,23);1H. The van der Waals surface area contributed by atoms with Crippen LogP contribution in [-0.2, 0) is 11.3 Å². The summed E-state index contributed by atoms with van der Waals surface area (Å²) in [5, 5.41) is 18.1. The van der Waals surface area contributed by atoms with Crippen LogP contribution in [0.5, 0.6) is 0 Å². The van der Waals surface area contributed by atoms with E-state index in [1.807, 2.05) is 12.1 Å². The highest BCUT2D eigenvalue weighted by Crippen LogP contribution is 2.08. The number of nitrogens with one attached hydrogen (secondary N) is 3. The van der Waals surface area contributed by atoms with E-state index in [4.69, 9.17) is 0 Å². The first kappa shape index (κ1) is 20.4. The summed E-state index contributed by atoms with van der Waals surface area (Å²) >= 11 is 0. The first-order valence-electron chi connectivity index (χ1n) is 8.16. The molecule has 0 aliphatic carbocycles. The topological polar surface area (TPSA) is 90.5 Å². The zero-order valence-electron chi connectivity index (χ0n) is 13.9. The van der Waals surface area contributed by atoms with E-state index in [-0.39, 0.29) is 30.3 Å². The fourth-order valence-corrected chi connectivity index (χ4v) is 2.48. The molecule has 0 aromatic heterocycles. The Morgan fingerprint density at radius 1 is 1.25 bits per heavy atom. The molecule has 1 aliphatic rings. The van der Waals surface area contributed by atoms with Crippen LogP contribution in [0.15, 0.2) is 24.3 Å². The molecule has 0 radical (unpaired) electrons. The molecule has 1 aliphatic heterocycles. The molecule has 4 N–H and O–H groups in total. The van der Waals surface area contributed by atoms with E-state index in [0.29, 0.717) is 31.6 Å². The number of unbranched alkanes of at least 4 members (excludes halogenated alkanes) is 1. The van der Waals surface area contributed by atoms with Crippen LogP contribution in [0.4, 0.5) is 0 Å². The van der Waals surface area contributed by atoms with Crippen molar-refractivity contribution in [3.8, 4) is 0 Å². The summed E-state index contributed by atoms with van der Waals surface area (Å²) in [6.45, 7) is 3.63. The third-order valence-electron chi connectivity index (χ3n) is 3.92. The molecule has 134 valence electrons. The molecule has 1 aromatic rings. The van der Waals surface area contributed by atoms with Gasteiger partial charge in [0.25, 0.3) is 5.91 Å². The predicted octanol–water partition coefficient (Wildman–Crippen LogP) is 0.977. The van der Waals surface area contributed by atoms with Gasteiger partial charge in [0.15, 0.2) is 0 Å². The monoisotopic (exact) mass is 355 g/mol. The number of amides is 2. The highest BCUT2D eigenvalue weighted by atomic mass is 35.5. The Labute approximate surface area is 148 Å². The first-order valence-corrected chi connectivity index (χ1v) is 8.16. The number of benzene rings is 1. The van der Waals surface area contributed by atoms with E-state index < -0.39 is 6.10 Å². The molecule has 6 nitrogen and oxygen atoms in total. The van der Waals surface area contributed by atoms with Gasteiger partial charge in [-0.3, -0.25) is 9.59 Å². The number of hydrogen-bond acceptors (Lipinski definition) is 4. The SMILES string of the molecule is CCCCNC(=O)c1ccc(CNC(=O)C2CC(O)CN2)cc1.Cl. The quantitative estimate of drug-likeness (QED) is 0.549. The lowest BCUT2D eigenvalue weighted by Crippen LogP contribution is -2.40. The maximum atomic E-state index is 11.9. The van der Waals surface area contributed by atoms with Crippen molar-refractivity contribution in [1.29, 1.82) is 0 Å². The smallest absolute Gasteiger partial charge is 0.251 e. The normalized spacial score (nSPS) is 19.4. The Bertz CT molecular complexity index is 536. The maximum absolute atomic E-state index is 11.9. The molecular formula is C17H26ClN3O3. The number of β-amino-alcohol motifs (C(OH)–C–C–N with tert-alkyl or cyclic N) is 1. The number of aliphatic hydroxyl groups excluding tert-OH is 1. The third kappa shape index (κ3) is 6.11. The summed E-state index contributed by atoms with van der Waals surface area (Å²) in [5.74, 6) is -0.180. The molecule has 2 unspecified atom stereocenters. The highest BCUT2D eigenvalue weighted by molar-refractivity contribution is 5.94. The molecule has 2 rings (SSSR count). The molecule has 2 amide bonds. The zero-order valence-corrected chi connectivity index (χ0v) is 14.7. The van der Waals surface area contributed by atoms with E-state index in [0.717, 1.165) is 18.4 Å². The fraction of sp³-hybridized carbons (Fsp3) is 0.529. The molecule has 7 heteroatoms. The Morgan fingerprint density at radius 2 is 1.96 bits per heavy atom. The second-order valence-electron chi connectivity index (χ2n) is 5.87. The van der Waals surface area contributed by atoms with Crippen molar-refractivity contribution in [2.45, 2.75) is 44.9 Å². The summed E-state index contributed by atoms with van der Waals surface area (Å²) in [4.78, 5) is 23.8. The second kappa shape index (κ2) is 10.3. The zero-order chi connectivity index (χ0) is 16.7. The van der Waals surface area contributed by atoms with Gasteiger partial charge in [-0.05, 0) is 30.5 Å². The van der Waals surface area contributed by atoms with Gasteiger partial charge in [-0.2, -0.15) is 0 Å². The molecule has 1 aromatic carbocycles. The van der Waals surface area contributed by atoms with E-state index in [9.17, 15) is 14.7 Å². The van der Waals surface area contributed by atoms with Gasteiger partial charge >= 0.3 is 0 Å². The lowest BCUT2D eigenvalue weighted by molar-refractivity contribution is -0.123. The first-order chi connectivity index (χ1) is 11.1. The summed E-state index contributed by atoms with van der Waals surface area (Å²) in [6.07, 6.45) is 2.02. The van der Waals surface area contributed by atoms with Gasteiger partial charge in [-0.15, -0.1) is 12.4 Å². The van der Waals surface area contributed by atoms with Crippen LogP contribution in [0.1, 0.15) is 42.1 Å². The fourth-order valence-electron chi connectivity index (χ4n) is 2.48. The summed E-state index contributed by atoms with van der Waals surface area (Å²) < 4.78 is 0. The van der Waals surface area contributed by atoms with Crippen molar-refractivity contribution in [2.75, 3.05) is 13.1 Å². The lowest BCUT2D eigenvalue weighted by atomic mass is 10.1. The summed E-state index contributed by atoms with van der Waals surface area (Å²) in [7, 11) is 0. The minimum absolute atomic E-state index is 0. The number of rotatable bonds is 7. The second-order valence-corrected chi connectivity index (χ2v) is 5.87. The van der Waals surface area contributed by atoms with Crippen molar-refractivity contribution in [1.82, 2.24) is 16.0 Å². The van der Waals surface area contributed by atoms with Crippen LogP contribution in [0.2, 0.25) is 0 Å². The molecular weight excluding hydrogens is 330 g/mol. The van der Waals surface area contributed by atoms with Gasteiger partial charge in [0.1, 0.15) is 0 Å². The minimum Gasteiger partial charge on any atom is -0.392 e.